The highest BCUT2D eigenvalue weighted by atomic mass is 16.5. The van der Waals surface area contributed by atoms with Crippen molar-refractivity contribution in [3.63, 3.8) is 0 Å². The Balaban J connectivity index is 1.54. The molecule has 2 aromatic carbocycles. The Bertz CT molecular complexity index is 1530. The maximum atomic E-state index is 13.4. The van der Waals surface area contributed by atoms with Crippen molar-refractivity contribution in [3.05, 3.63) is 76.6 Å². The number of cyclic esters (lactones) is 1. The fourth-order valence-corrected chi connectivity index (χ4v) is 5.33. The average molecular weight is 557 g/mol. The van der Waals surface area contributed by atoms with Crippen molar-refractivity contribution in [2.75, 3.05) is 0 Å². The van der Waals surface area contributed by atoms with Gasteiger partial charge in [-0.05, 0) is 63.3 Å². The van der Waals surface area contributed by atoms with Crippen molar-refractivity contribution in [2.45, 2.75) is 70.8 Å². The second-order valence-electron chi connectivity index (χ2n) is 10.6. The van der Waals surface area contributed by atoms with Crippen LogP contribution in [0.2, 0.25) is 0 Å². The van der Waals surface area contributed by atoms with Crippen molar-refractivity contribution in [1.29, 1.82) is 0 Å². The van der Waals surface area contributed by atoms with Crippen molar-refractivity contribution in [2.24, 2.45) is 0 Å². The number of phenols is 1. The van der Waals surface area contributed by atoms with Gasteiger partial charge in [0.1, 0.15) is 34.4 Å². The summed E-state index contributed by atoms with van der Waals surface area (Å²) < 4.78 is 17.4. The van der Waals surface area contributed by atoms with Gasteiger partial charge in [0.05, 0.1) is 18.4 Å². The quantitative estimate of drug-likeness (QED) is 0.213. The zero-order valence-electron chi connectivity index (χ0n) is 23.1. The Morgan fingerprint density at radius 3 is 2.51 bits per heavy atom. The van der Waals surface area contributed by atoms with Crippen LogP contribution in [0.1, 0.15) is 102 Å². The molecule has 2 aliphatic rings. The molecule has 0 saturated carbocycles. The molecule has 2 aliphatic heterocycles. The van der Waals surface area contributed by atoms with E-state index in [1.807, 2.05) is 6.08 Å². The highest BCUT2D eigenvalue weighted by Gasteiger charge is 2.37. The smallest absolute Gasteiger partial charge is 0.342 e. The number of esters is 2. The lowest BCUT2D eigenvalue weighted by Crippen LogP contribution is -2.23. The van der Waals surface area contributed by atoms with Crippen molar-refractivity contribution in [3.8, 4) is 22.8 Å². The van der Waals surface area contributed by atoms with Crippen LogP contribution in [0.15, 0.2) is 53.0 Å². The topological polar surface area (TPSA) is 120 Å². The summed E-state index contributed by atoms with van der Waals surface area (Å²) in [7, 11) is 0. The Morgan fingerprint density at radius 1 is 1.00 bits per heavy atom. The van der Waals surface area contributed by atoms with E-state index in [9.17, 15) is 24.3 Å². The summed E-state index contributed by atoms with van der Waals surface area (Å²) >= 11 is 0. The maximum Gasteiger partial charge on any atom is 0.342 e. The highest BCUT2D eigenvalue weighted by molar-refractivity contribution is 5.99. The molecule has 3 heterocycles. The number of ketones is 2. The molecule has 41 heavy (non-hydrogen) atoms. The van der Waals surface area contributed by atoms with Gasteiger partial charge < -0.3 is 19.0 Å². The van der Waals surface area contributed by atoms with Crippen LogP contribution in [0.5, 0.6) is 11.5 Å². The average Bonchev–Trinajstić information content (AvgIpc) is 3.42. The van der Waals surface area contributed by atoms with Gasteiger partial charge in [0.25, 0.3) is 0 Å². The summed E-state index contributed by atoms with van der Waals surface area (Å²) in [5.41, 5.74) is 1.97. The summed E-state index contributed by atoms with van der Waals surface area (Å²) in [5.74, 6) is -0.956. The van der Waals surface area contributed by atoms with Gasteiger partial charge in [-0.3, -0.25) is 14.4 Å². The zero-order valence-corrected chi connectivity index (χ0v) is 23.1. The number of fused-ring (bicyclic) bond motifs is 2. The van der Waals surface area contributed by atoms with E-state index < -0.39 is 24.0 Å². The van der Waals surface area contributed by atoms with E-state index in [0.29, 0.717) is 61.2 Å². The molecule has 1 aromatic heterocycles. The van der Waals surface area contributed by atoms with E-state index in [0.717, 1.165) is 5.56 Å². The number of benzene rings is 2. The Kier molecular flexibility index (Phi) is 8.19. The first-order valence-corrected chi connectivity index (χ1v) is 13.9. The van der Waals surface area contributed by atoms with Crippen molar-refractivity contribution < 1.29 is 38.2 Å². The van der Waals surface area contributed by atoms with Gasteiger partial charge >= 0.3 is 11.9 Å². The number of carbonyl (C=O) groups is 4. The first-order chi connectivity index (χ1) is 19.7. The third-order valence-electron chi connectivity index (χ3n) is 7.52. The van der Waals surface area contributed by atoms with E-state index in [2.05, 4.69) is 0 Å². The minimum Gasteiger partial charge on any atom is -0.507 e. The molecule has 1 N–H and O–H groups in total. The molecule has 8 heteroatoms. The molecular formula is C33H32O8. The van der Waals surface area contributed by atoms with Gasteiger partial charge in [-0.2, -0.15) is 0 Å². The second-order valence-corrected chi connectivity index (χ2v) is 10.6. The fourth-order valence-electron chi connectivity index (χ4n) is 5.33. The number of rotatable bonds is 3. The molecule has 0 saturated heterocycles. The molecule has 212 valence electrons. The third-order valence-corrected chi connectivity index (χ3v) is 7.52. The Hall–Kier alpha value is -4.46. The fraction of sp³-hybridized carbons (Fsp3) is 0.333. The van der Waals surface area contributed by atoms with Crippen LogP contribution in [-0.2, 0) is 14.3 Å². The molecule has 0 radical (unpaired) electrons. The van der Waals surface area contributed by atoms with Crippen molar-refractivity contribution in [1.82, 2.24) is 0 Å². The molecule has 0 aliphatic carbocycles. The summed E-state index contributed by atoms with van der Waals surface area (Å²) in [4.78, 5) is 49.8. The van der Waals surface area contributed by atoms with Gasteiger partial charge in [0.2, 0.25) is 0 Å². The number of ether oxygens (including phenoxy) is 2. The largest absolute Gasteiger partial charge is 0.507 e. The molecule has 5 rings (SSSR count). The van der Waals surface area contributed by atoms with E-state index in [1.165, 1.54) is 6.92 Å². The standard InChI is InChI=1S/C33H32O8/c1-19-7-6-10-24(35)9-5-3-4-8-23-17-28-31(32(37)30(23)33(38)39-19)25(18-29(36)41-28)27-16-15-26(40-27)22-13-11-21(12-14-22)20(2)34/h4,8,11-17,19,25,37H,3,5-7,9-10,18H2,1-2H3/t19-,25-/m1/s1. The number of aromatic hydroxyl groups is 1. The first kappa shape index (κ1) is 28.1. The van der Waals surface area contributed by atoms with Gasteiger partial charge in [-0.15, -0.1) is 0 Å². The lowest BCUT2D eigenvalue weighted by atomic mass is 9.86. The summed E-state index contributed by atoms with van der Waals surface area (Å²) in [6.07, 6.45) is 6.32. The molecule has 0 bridgehead atoms. The highest BCUT2D eigenvalue weighted by Crippen LogP contribution is 2.48. The number of phenolic OH excluding ortho intramolecular Hbond substituents is 1. The van der Waals surface area contributed by atoms with Crippen LogP contribution < -0.4 is 4.74 Å². The number of furan rings is 1. The molecule has 0 fully saturated rings. The lowest BCUT2D eigenvalue weighted by Gasteiger charge is -2.26. The number of allylic oxidation sites excluding steroid dienone is 1. The number of carbonyl (C=O) groups excluding carboxylic acids is 4. The van der Waals surface area contributed by atoms with E-state index in [1.54, 1.807) is 55.5 Å². The minimum absolute atomic E-state index is 0.00506. The van der Waals surface area contributed by atoms with Gasteiger partial charge in [-0.25, -0.2) is 4.79 Å². The van der Waals surface area contributed by atoms with Gasteiger partial charge in [0.15, 0.2) is 5.78 Å². The molecule has 0 amide bonds. The number of hydrogen-bond donors (Lipinski definition) is 1. The maximum absolute atomic E-state index is 13.4. The van der Waals surface area contributed by atoms with E-state index in [4.69, 9.17) is 13.9 Å². The second kappa shape index (κ2) is 12.0. The predicted molar refractivity (Wildman–Crippen MR) is 151 cm³/mol. The van der Waals surface area contributed by atoms with Crippen LogP contribution in [0.25, 0.3) is 17.4 Å². The molecular weight excluding hydrogens is 524 g/mol. The Labute approximate surface area is 238 Å². The molecule has 0 spiro atoms. The summed E-state index contributed by atoms with van der Waals surface area (Å²) in [6, 6.07) is 12.1. The van der Waals surface area contributed by atoms with Crippen LogP contribution in [-0.4, -0.2) is 34.7 Å². The molecule has 2 atom stereocenters. The molecule has 0 unspecified atom stereocenters. The molecule has 8 nitrogen and oxygen atoms in total. The monoisotopic (exact) mass is 556 g/mol. The zero-order chi connectivity index (χ0) is 29.1. The van der Waals surface area contributed by atoms with Gasteiger partial charge in [-0.1, -0.05) is 36.4 Å². The third kappa shape index (κ3) is 6.16. The minimum atomic E-state index is -0.699. The van der Waals surface area contributed by atoms with E-state index >= 15 is 0 Å². The summed E-state index contributed by atoms with van der Waals surface area (Å²) in [5, 5.41) is 11.6. The van der Waals surface area contributed by atoms with Crippen molar-refractivity contribution >= 4 is 29.6 Å². The number of Topliss-reactive ketones (excluding diaryl/α,β-unsaturated/α-hetero) is 2. The number of hydrogen-bond acceptors (Lipinski definition) is 8. The molecule has 3 aromatic rings. The Morgan fingerprint density at radius 2 is 1.76 bits per heavy atom. The summed E-state index contributed by atoms with van der Waals surface area (Å²) in [6.45, 7) is 3.26. The van der Waals surface area contributed by atoms with Crippen LogP contribution >= 0.6 is 0 Å². The van der Waals surface area contributed by atoms with Crippen LogP contribution in [0.4, 0.5) is 0 Å². The van der Waals surface area contributed by atoms with E-state index in [-0.39, 0.29) is 40.6 Å². The van der Waals surface area contributed by atoms with Crippen LogP contribution in [0.3, 0.4) is 0 Å². The predicted octanol–water partition coefficient (Wildman–Crippen LogP) is 6.78. The lowest BCUT2D eigenvalue weighted by molar-refractivity contribution is -0.135. The van der Waals surface area contributed by atoms with Gasteiger partial charge in [0, 0.05) is 29.5 Å². The normalized spacial score (nSPS) is 19.9. The van der Waals surface area contributed by atoms with Crippen LogP contribution in [0, 0.1) is 0 Å². The SMILES string of the molecule is CC(=O)c1ccc(-c2ccc([C@H]3CC(=O)Oc4cc5c(c(O)c43)C(=O)O[C@H](C)CCCC(=O)CCCC=C5)o2)cc1. The first-order valence-electron chi connectivity index (χ1n) is 13.9.